The largest absolute Gasteiger partial charge is 0.394 e. The Morgan fingerprint density at radius 2 is 1.83 bits per heavy atom. The number of benzene rings is 1. The van der Waals surface area contributed by atoms with Crippen molar-refractivity contribution in [1.82, 2.24) is 0 Å². The van der Waals surface area contributed by atoms with Crippen LogP contribution in [0.3, 0.4) is 0 Å². The summed E-state index contributed by atoms with van der Waals surface area (Å²) in [7, 11) is 0. The maximum Gasteiger partial charge on any atom is 0.123 e. The van der Waals surface area contributed by atoms with Gasteiger partial charge in [0.1, 0.15) is 5.82 Å². The lowest BCUT2D eigenvalue weighted by Gasteiger charge is -2.40. The number of rotatable bonds is 4. The van der Waals surface area contributed by atoms with Gasteiger partial charge in [0, 0.05) is 5.69 Å². The standard InChI is InChI=1S/C15H22FNO/c1-15(11-18,12-5-3-2-4-6-12)17-14-9-7-13(16)8-10-14/h7-10,12,17-18H,2-6,11H2,1H3. The number of halogens is 1. The lowest BCUT2D eigenvalue weighted by Crippen LogP contribution is -2.47. The predicted octanol–water partition coefficient (Wildman–Crippen LogP) is 3.57. The Labute approximate surface area is 108 Å². The highest BCUT2D eigenvalue weighted by Gasteiger charge is 2.34. The van der Waals surface area contributed by atoms with E-state index in [-0.39, 0.29) is 18.0 Å². The molecule has 2 N–H and O–H groups in total. The van der Waals surface area contributed by atoms with Crippen molar-refractivity contribution in [3.63, 3.8) is 0 Å². The van der Waals surface area contributed by atoms with Gasteiger partial charge in [0.05, 0.1) is 12.1 Å². The van der Waals surface area contributed by atoms with Gasteiger partial charge in [0.25, 0.3) is 0 Å². The monoisotopic (exact) mass is 251 g/mol. The van der Waals surface area contributed by atoms with Gasteiger partial charge in [-0.3, -0.25) is 0 Å². The van der Waals surface area contributed by atoms with Crippen molar-refractivity contribution < 1.29 is 9.50 Å². The molecule has 2 nitrogen and oxygen atoms in total. The van der Waals surface area contributed by atoms with Gasteiger partial charge >= 0.3 is 0 Å². The molecule has 0 bridgehead atoms. The van der Waals surface area contributed by atoms with E-state index in [1.165, 1.54) is 31.4 Å². The Hall–Kier alpha value is -1.09. The van der Waals surface area contributed by atoms with Crippen LogP contribution in [0.1, 0.15) is 39.0 Å². The van der Waals surface area contributed by atoms with E-state index in [2.05, 4.69) is 12.2 Å². The van der Waals surface area contributed by atoms with Crippen LogP contribution in [-0.4, -0.2) is 17.3 Å². The number of nitrogens with one attached hydrogen (secondary N) is 1. The third kappa shape index (κ3) is 3.02. The summed E-state index contributed by atoms with van der Waals surface area (Å²) in [5.41, 5.74) is 0.566. The quantitative estimate of drug-likeness (QED) is 0.857. The van der Waals surface area contributed by atoms with E-state index in [1.807, 2.05) is 0 Å². The minimum atomic E-state index is -0.307. The highest BCUT2D eigenvalue weighted by molar-refractivity contribution is 5.45. The zero-order chi connectivity index (χ0) is 13.0. The molecule has 1 saturated carbocycles. The zero-order valence-electron chi connectivity index (χ0n) is 11.0. The first kappa shape index (κ1) is 13.3. The maximum atomic E-state index is 12.9. The number of aliphatic hydroxyl groups excluding tert-OH is 1. The van der Waals surface area contributed by atoms with Crippen molar-refractivity contribution in [3.05, 3.63) is 30.1 Å². The molecule has 100 valence electrons. The van der Waals surface area contributed by atoms with E-state index in [4.69, 9.17) is 0 Å². The third-order valence-electron chi connectivity index (χ3n) is 4.11. The van der Waals surface area contributed by atoms with Crippen LogP contribution >= 0.6 is 0 Å². The van der Waals surface area contributed by atoms with Gasteiger partial charge in [-0.05, 0) is 49.9 Å². The fourth-order valence-corrected chi connectivity index (χ4v) is 2.87. The van der Waals surface area contributed by atoms with Crippen LogP contribution in [0, 0.1) is 11.7 Å². The molecule has 1 aromatic rings. The summed E-state index contributed by atoms with van der Waals surface area (Å²) in [5, 5.41) is 13.1. The molecule has 0 spiro atoms. The van der Waals surface area contributed by atoms with Gasteiger partial charge in [-0.2, -0.15) is 0 Å². The second-order valence-corrected chi connectivity index (χ2v) is 5.54. The molecule has 1 unspecified atom stereocenters. The molecule has 1 aliphatic rings. The summed E-state index contributed by atoms with van der Waals surface area (Å²) >= 11 is 0. The molecule has 0 heterocycles. The van der Waals surface area contributed by atoms with E-state index >= 15 is 0 Å². The SMILES string of the molecule is CC(CO)(Nc1ccc(F)cc1)C1CCCCC1. The van der Waals surface area contributed by atoms with Crippen molar-refractivity contribution in [3.8, 4) is 0 Å². The molecule has 18 heavy (non-hydrogen) atoms. The lowest BCUT2D eigenvalue weighted by molar-refractivity contribution is 0.144. The van der Waals surface area contributed by atoms with Crippen molar-refractivity contribution in [2.75, 3.05) is 11.9 Å². The first-order valence-corrected chi connectivity index (χ1v) is 6.79. The van der Waals surface area contributed by atoms with Crippen LogP contribution in [0.5, 0.6) is 0 Å². The fourth-order valence-electron chi connectivity index (χ4n) is 2.87. The van der Waals surface area contributed by atoms with Gasteiger partial charge in [0.15, 0.2) is 0 Å². The topological polar surface area (TPSA) is 32.3 Å². The first-order valence-electron chi connectivity index (χ1n) is 6.79. The Bertz CT molecular complexity index is 373. The van der Waals surface area contributed by atoms with Crippen LogP contribution in [0.4, 0.5) is 10.1 Å². The van der Waals surface area contributed by atoms with Gasteiger partial charge in [0.2, 0.25) is 0 Å². The molecular formula is C15H22FNO. The molecule has 1 aromatic carbocycles. The minimum absolute atomic E-state index is 0.106. The van der Waals surface area contributed by atoms with E-state index < -0.39 is 0 Å². The number of hydrogen-bond donors (Lipinski definition) is 2. The zero-order valence-corrected chi connectivity index (χ0v) is 11.0. The molecule has 1 fully saturated rings. The highest BCUT2D eigenvalue weighted by atomic mass is 19.1. The van der Waals surface area contributed by atoms with Crippen LogP contribution in [0.2, 0.25) is 0 Å². The van der Waals surface area contributed by atoms with Crippen LogP contribution in [0.15, 0.2) is 24.3 Å². The van der Waals surface area contributed by atoms with Gasteiger partial charge < -0.3 is 10.4 Å². The second kappa shape index (κ2) is 5.70. The lowest BCUT2D eigenvalue weighted by atomic mass is 9.76. The average Bonchev–Trinajstić information content (AvgIpc) is 2.42. The fraction of sp³-hybridized carbons (Fsp3) is 0.600. The summed E-state index contributed by atoms with van der Waals surface area (Å²) in [6, 6.07) is 6.35. The van der Waals surface area contributed by atoms with Crippen molar-refractivity contribution >= 4 is 5.69 Å². The van der Waals surface area contributed by atoms with E-state index in [0.717, 1.165) is 18.5 Å². The number of anilines is 1. The van der Waals surface area contributed by atoms with Gasteiger partial charge in [-0.25, -0.2) is 4.39 Å². The maximum absolute atomic E-state index is 12.9. The molecule has 1 aliphatic carbocycles. The average molecular weight is 251 g/mol. The smallest absolute Gasteiger partial charge is 0.123 e. The Kier molecular flexibility index (Phi) is 4.23. The molecule has 1 atom stereocenters. The molecule has 0 radical (unpaired) electrons. The summed E-state index contributed by atoms with van der Waals surface area (Å²) in [6.45, 7) is 2.17. The summed E-state index contributed by atoms with van der Waals surface area (Å²) < 4.78 is 12.9. The molecule has 0 aromatic heterocycles. The van der Waals surface area contributed by atoms with Crippen molar-refractivity contribution in [2.24, 2.45) is 5.92 Å². The molecule has 0 amide bonds. The normalized spacial score (nSPS) is 20.4. The summed E-state index contributed by atoms with van der Waals surface area (Å²) in [5.74, 6) is 0.255. The van der Waals surface area contributed by atoms with Gasteiger partial charge in [-0.1, -0.05) is 19.3 Å². The first-order chi connectivity index (χ1) is 8.64. The van der Waals surface area contributed by atoms with Crippen LogP contribution < -0.4 is 5.32 Å². The van der Waals surface area contributed by atoms with Gasteiger partial charge in [-0.15, -0.1) is 0 Å². The Morgan fingerprint density at radius 3 is 2.39 bits per heavy atom. The van der Waals surface area contributed by atoms with E-state index in [9.17, 15) is 9.50 Å². The minimum Gasteiger partial charge on any atom is -0.394 e. The molecule has 0 aliphatic heterocycles. The van der Waals surface area contributed by atoms with Crippen LogP contribution in [-0.2, 0) is 0 Å². The molecule has 3 heteroatoms. The molecular weight excluding hydrogens is 229 g/mol. The van der Waals surface area contributed by atoms with E-state index in [0.29, 0.717) is 5.92 Å². The third-order valence-corrected chi connectivity index (χ3v) is 4.11. The molecule has 2 rings (SSSR count). The number of hydrogen-bond acceptors (Lipinski definition) is 2. The predicted molar refractivity (Wildman–Crippen MR) is 72.1 cm³/mol. The van der Waals surface area contributed by atoms with Crippen molar-refractivity contribution in [2.45, 2.75) is 44.6 Å². The van der Waals surface area contributed by atoms with E-state index in [1.54, 1.807) is 12.1 Å². The van der Waals surface area contributed by atoms with Crippen LogP contribution in [0.25, 0.3) is 0 Å². The number of aliphatic hydroxyl groups is 1. The highest BCUT2D eigenvalue weighted by Crippen LogP contribution is 2.34. The molecule has 0 saturated heterocycles. The summed E-state index contributed by atoms with van der Waals surface area (Å²) in [6.07, 6.45) is 6.10. The van der Waals surface area contributed by atoms with Crippen molar-refractivity contribution in [1.29, 1.82) is 0 Å². The Balaban J connectivity index is 2.08. The Morgan fingerprint density at radius 1 is 1.22 bits per heavy atom. The second-order valence-electron chi connectivity index (χ2n) is 5.54. The summed E-state index contributed by atoms with van der Waals surface area (Å²) in [4.78, 5) is 0.